The maximum absolute atomic E-state index is 13.1. The first-order chi connectivity index (χ1) is 55.7. The second-order valence-corrected chi connectivity index (χ2v) is 30.2. The van der Waals surface area contributed by atoms with Crippen molar-refractivity contribution in [3.8, 4) is 0 Å². The van der Waals surface area contributed by atoms with E-state index >= 15 is 0 Å². The molecule has 640 valence electrons. The van der Waals surface area contributed by atoms with E-state index in [2.05, 4.69) is 228 Å². The minimum atomic E-state index is -5.03. The van der Waals surface area contributed by atoms with Crippen molar-refractivity contribution in [3.63, 3.8) is 0 Å². The maximum atomic E-state index is 13.1. The van der Waals surface area contributed by atoms with Crippen molar-refractivity contribution in [2.24, 2.45) is 0 Å². The Hall–Kier alpha value is -6.88. The number of phosphoric acid groups is 2. The number of rotatable bonds is 77. The molecular weight excluding hydrogens is 1470 g/mol. The second-order valence-electron chi connectivity index (χ2n) is 27.3. The number of esters is 4. The number of unbranched alkanes of at least 4 members (excludes halogenated alkanes) is 13. The first-order valence-electron chi connectivity index (χ1n) is 42.6. The molecule has 0 aromatic heterocycles. The largest absolute Gasteiger partial charge is 0.472 e. The summed E-state index contributed by atoms with van der Waals surface area (Å²) in [5.74, 6) is -2.44. The van der Waals surface area contributed by atoms with Crippen LogP contribution in [0.3, 0.4) is 0 Å². The van der Waals surface area contributed by atoms with Crippen molar-refractivity contribution in [1.29, 1.82) is 0 Å². The van der Waals surface area contributed by atoms with Gasteiger partial charge in [0.15, 0.2) is 12.2 Å². The zero-order valence-electron chi connectivity index (χ0n) is 70.1. The highest BCUT2D eigenvalue weighted by molar-refractivity contribution is 7.47. The number of aliphatic hydroxyl groups excluding tert-OH is 1. The monoisotopic (exact) mass is 1620 g/mol. The van der Waals surface area contributed by atoms with Gasteiger partial charge < -0.3 is 33.8 Å². The van der Waals surface area contributed by atoms with Crippen LogP contribution in [-0.2, 0) is 65.4 Å². The molecule has 0 heterocycles. The highest BCUT2D eigenvalue weighted by atomic mass is 31.2. The molecule has 2 unspecified atom stereocenters. The number of carbonyl (C=O) groups excluding carboxylic acids is 4. The number of aliphatic hydroxyl groups is 1. The van der Waals surface area contributed by atoms with Gasteiger partial charge in [-0.1, -0.05) is 297 Å². The number of hydrogen-bond donors (Lipinski definition) is 3. The summed E-state index contributed by atoms with van der Waals surface area (Å²) in [6, 6.07) is 0. The van der Waals surface area contributed by atoms with E-state index in [1.54, 1.807) is 0 Å². The molecule has 0 aliphatic heterocycles. The molecule has 0 aromatic rings. The predicted molar refractivity (Wildman–Crippen MR) is 472 cm³/mol. The van der Waals surface area contributed by atoms with Crippen LogP contribution in [0.5, 0.6) is 0 Å². The second kappa shape index (κ2) is 84.0. The Balaban J connectivity index is 5.61. The molecule has 0 rings (SSSR count). The molecule has 19 heteroatoms. The summed E-state index contributed by atoms with van der Waals surface area (Å²) in [6.45, 7) is 4.34. The minimum absolute atomic E-state index is 0.00152. The first kappa shape index (κ1) is 107. The molecule has 0 aromatic carbocycles. The van der Waals surface area contributed by atoms with Gasteiger partial charge in [-0.3, -0.25) is 37.3 Å². The van der Waals surface area contributed by atoms with Crippen LogP contribution in [-0.4, -0.2) is 96.7 Å². The van der Waals surface area contributed by atoms with Crippen molar-refractivity contribution in [1.82, 2.24) is 0 Å². The van der Waals surface area contributed by atoms with Gasteiger partial charge in [0.2, 0.25) is 0 Å². The van der Waals surface area contributed by atoms with Crippen LogP contribution in [0.2, 0.25) is 0 Å². The average molecular weight is 1620 g/mol. The fourth-order valence-electron chi connectivity index (χ4n) is 10.2. The molecule has 0 saturated heterocycles. The summed E-state index contributed by atoms with van der Waals surface area (Å²) >= 11 is 0. The molecule has 0 bridgehead atoms. The molecule has 3 N–H and O–H groups in total. The lowest BCUT2D eigenvalue weighted by Crippen LogP contribution is -2.30. The van der Waals surface area contributed by atoms with Crippen LogP contribution in [0.25, 0.3) is 0 Å². The van der Waals surface area contributed by atoms with Crippen LogP contribution < -0.4 is 0 Å². The molecule has 17 nitrogen and oxygen atoms in total. The molecule has 0 fully saturated rings. The molecule has 0 aliphatic rings. The third-order valence-electron chi connectivity index (χ3n) is 16.6. The fraction of sp³-hybridized carbons (Fsp3) is 0.558. The summed E-state index contributed by atoms with van der Waals surface area (Å²) < 4.78 is 68.6. The quantitative estimate of drug-likeness (QED) is 0.0169. The lowest BCUT2D eigenvalue weighted by molar-refractivity contribution is -0.161. The fourth-order valence-corrected chi connectivity index (χ4v) is 11.8. The molecule has 0 radical (unpaired) electrons. The number of hydrogen-bond acceptors (Lipinski definition) is 15. The Morgan fingerprint density at radius 1 is 0.254 bits per heavy atom. The van der Waals surface area contributed by atoms with Gasteiger partial charge in [0.1, 0.15) is 19.3 Å². The van der Waals surface area contributed by atoms with Crippen LogP contribution >= 0.6 is 15.6 Å². The predicted octanol–water partition coefficient (Wildman–Crippen LogP) is 25.8. The van der Waals surface area contributed by atoms with Gasteiger partial charge in [-0.2, -0.15) is 0 Å². The van der Waals surface area contributed by atoms with Crippen molar-refractivity contribution in [3.05, 3.63) is 231 Å². The van der Waals surface area contributed by atoms with Gasteiger partial charge >= 0.3 is 39.5 Å². The highest BCUT2D eigenvalue weighted by Gasteiger charge is 2.30. The molecular formula is C95H148O17P2. The van der Waals surface area contributed by atoms with Crippen molar-refractivity contribution < 1.29 is 80.2 Å². The van der Waals surface area contributed by atoms with E-state index in [-0.39, 0.29) is 25.7 Å². The van der Waals surface area contributed by atoms with Crippen LogP contribution in [0.4, 0.5) is 0 Å². The minimum Gasteiger partial charge on any atom is -0.462 e. The highest BCUT2D eigenvalue weighted by Crippen LogP contribution is 2.45. The number of ether oxygens (including phenoxy) is 4. The molecule has 0 spiro atoms. The van der Waals surface area contributed by atoms with E-state index in [1.165, 1.54) is 38.5 Å². The summed E-state index contributed by atoms with van der Waals surface area (Å²) in [4.78, 5) is 73.2. The van der Waals surface area contributed by atoms with E-state index in [0.29, 0.717) is 38.5 Å². The van der Waals surface area contributed by atoms with E-state index in [4.69, 9.17) is 37.0 Å². The summed E-state index contributed by atoms with van der Waals surface area (Å²) in [7, 11) is -10.1. The lowest BCUT2D eigenvalue weighted by atomic mass is 10.1. The number of phosphoric ester groups is 2. The third-order valence-corrected chi connectivity index (χ3v) is 18.5. The third kappa shape index (κ3) is 83.1. The summed E-state index contributed by atoms with van der Waals surface area (Å²) in [5, 5.41) is 10.7. The van der Waals surface area contributed by atoms with E-state index < -0.39 is 97.5 Å². The first-order valence-corrected chi connectivity index (χ1v) is 45.6. The Bertz CT molecular complexity index is 3070. The van der Waals surface area contributed by atoms with E-state index in [0.717, 1.165) is 154 Å². The van der Waals surface area contributed by atoms with Crippen LogP contribution in [0.1, 0.15) is 285 Å². The molecule has 0 amide bonds. The maximum Gasteiger partial charge on any atom is 0.472 e. The number of allylic oxidation sites excluding steroid dienone is 38. The smallest absolute Gasteiger partial charge is 0.462 e. The van der Waals surface area contributed by atoms with Crippen molar-refractivity contribution >= 4 is 39.5 Å². The molecule has 0 saturated carbocycles. The van der Waals surface area contributed by atoms with Crippen LogP contribution in [0, 0.1) is 0 Å². The van der Waals surface area contributed by atoms with Gasteiger partial charge in [-0.05, 0) is 193 Å². The van der Waals surface area contributed by atoms with Gasteiger partial charge in [-0.15, -0.1) is 0 Å². The average Bonchev–Trinajstić information content (AvgIpc) is 0.899. The SMILES string of the molecule is CC/C=C\C/C=C\C/C=C\C/C=C\C/C=C\CCCCCC(=O)OC[C@H](COP(=O)(O)OC[C@@H](O)COP(=O)(O)OC[C@@H](COC(=O)CC/C=C\C/C=C\C/C=C\C/C=C\C/C=C\CCCCC)OC(=O)CCCCC/C=C\C/C=C\C/C=C\C/C=C\C/C=C\CC)OC(=O)CCC/C=C\C/C=C\C/C=C\C/C=C\CCCCC. The molecule has 114 heavy (non-hydrogen) atoms. The Kier molecular flexibility index (Phi) is 79.0. The van der Waals surface area contributed by atoms with Crippen molar-refractivity contribution in [2.45, 2.75) is 303 Å². The zero-order valence-corrected chi connectivity index (χ0v) is 71.9. The summed E-state index contributed by atoms with van der Waals surface area (Å²) in [6.07, 6.45) is 109. The summed E-state index contributed by atoms with van der Waals surface area (Å²) in [5.41, 5.74) is 0. The standard InChI is InChI=1S/C95H148O17P2/c1-5-9-13-17-21-25-29-33-37-41-44-48-51-55-59-63-67-71-75-79-92(97)105-85-90(111-94(99)81-77-73-69-65-61-57-53-47-40-36-32-28-24-20-16-12-8-4)87-109-113(101,102)107-83-89(96)84-108-114(103,104)110-88-91(112-95(100)82-78-74-70-66-62-58-54-50-46-43-39-35-31-27-23-19-15-11-7-3)86-106-93(98)80-76-72-68-64-60-56-52-49-45-42-38-34-30-26-22-18-14-10-6-2/h9,11,13,15,21-28,33-40,44-46,48-50,53,55-60,62,65,68-69,72,89-91,96H,5-8,10,12,14,16-20,29-32,41-43,47,51-52,54,61,63-64,66-67,70-71,73-88H2,1-4H3,(H,101,102)(H,103,104)/b13-9-,15-11-,25-21-,26-22-,27-23-,28-24-,37-33-,38-34-,39-35-,40-36-,48-44-,49-45-,50-46-,57-53-,59-55-,60-56-,62-58-,69-65-,72-68-/t89-,90-,91-/m1/s1. The zero-order chi connectivity index (χ0) is 83.1. The Labute approximate surface area is 689 Å². The van der Waals surface area contributed by atoms with Gasteiger partial charge in [-0.25, -0.2) is 9.13 Å². The van der Waals surface area contributed by atoms with E-state index in [9.17, 15) is 43.2 Å². The van der Waals surface area contributed by atoms with Crippen molar-refractivity contribution in [2.75, 3.05) is 39.6 Å². The van der Waals surface area contributed by atoms with E-state index in [1.807, 2.05) is 30.4 Å². The normalized spacial score (nSPS) is 14.9. The Morgan fingerprint density at radius 3 is 0.772 bits per heavy atom. The van der Waals surface area contributed by atoms with Gasteiger partial charge in [0.05, 0.1) is 26.4 Å². The van der Waals surface area contributed by atoms with Gasteiger partial charge in [0.25, 0.3) is 0 Å². The van der Waals surface area contributed by atoms with Gasteiger partial charge in [0, 0.05) is 25.7 Å². The number of carbonyl (C=O) groups is 4. The van der Waals surface area contributed by atoms with Crippen LogP contribution in [0.15, 0.2) is 231 Å². The molecule has 5 atom stereocenters. The molecule has 0 aliphatic carbocycles. The topological polar surface area (TPSA) is 237 Å². The lowest BCUT2D eigenvalue weighted by Gasteiger charge is -2.21. The Morgan fingerprint density at radius 2 is 0.482 bits per heavy atom.